The van der Waals surface area contributed by atoms with Gasteiger partial charge in [0.25, 0.3) is 0 Å². The second kappa shape index (κ2) is 4.40. The van der Waals surface area contributed by atoms with Gasteiger partial charge in [-0.15, -0.1) is 0 Å². The molecule has 1 atom stereocenters. The summed E-state index contributed by atoms with van der Waals surface area (Å²) >= 11 is 0. The van der Waals surface area contributed by atoms with E-state index in [0.29, 0.717) is 0 Å². The fourth-order valence-electron chi connectivity index (χ4n) is 1.63. The normalized spacial score (nSPS) is 21.9. The summed E-state index contributed by atoms with van der Waals surface area (Å²) in [5.41, 5.74) is 2.24. The van der Waals surface area contributed by atoms with Crippen molar-refractivity contribution in [2.24, 2.45) is 0 Å². The molecule has 0 aliphatic carbocycles. The van der Waals surface area contributed by atoms with E-state index in [-0.39, 0.29) is 6.10 Å². The molecule has 1 N–H and O–H groups in total. The number of morpholine rings is 1. The maximum Gasteiger partial charge on any atom is 0.0949 e. The molecule has 0 bridgehead atoms. The molecule has 1 aromatic carbocycles. The average Bonchev–Trinajstić information content (AvgIpc) is 2.30. The van der Waals surface area contributed by atoms with Gasteiger partial charge in [-0.2, -0.15) is 0 Å². The van der Waals surface area contributed by atoms with Gasteiger partial charge in [0.2, 0.25) is 0 Å². The summed E-state index contributed by atoms with van der Waals surface area (Å²) in [5, 5.41) is 3.30. The lowest BCUT2D eigenvalue weighted by atomic mass is 10.0. The van der Waals surface area contributed by atoms with E-state index >= 15 is 0 Å². The van der Waals surface area contributed by atoms with E-state index < -0.39 is 0 Å². The number of rotatable bonds is 2. The zero-order valence-corrected chi connectivity index (χ0v) is 8.20. The predicted molar refractivity (Wildman–Crippen MR) is 58.1 cm³/mol. The van der Waals surface area contributed by atoms with Gasteiger partial charge in [-0.25, -0.2) is 0 Å². The van der Waals surface area contributed by atoms with Crippen molar-refractivity contribution in [3.8, 4) is 0 Å². The summed E-state index contributed by atoms with van der Waals surface area (Å²) < 4.78 is 5.63. The molecule has 2 rings (SSSR count). The third kappa shape index (κ3) is 2.03. The maximum atomic E-state index is 5.63. The van der Waals surface area contributed by atoms with Gasteiger partial charge in [0.15, 0.2) is 0 Å². The molecule has 1 aromatic rings. The van der Waals surface area contributed by atoms with Gasteiger partial charge in [-0.3, -0.25) is 0 Å². The molecule has 74 valence electrons. The lowest BCUT2D eigenvalue weighted by Crippen LogP contribution is -2.38. The smallest absolute Gasteiger partial charge is 0.0949 e. The summed E-state index contributed by atoms with van der Waals surface area (Å²) in [7, 11) is 0. The van der Waals surface area contributed by atoms with Crippen LogP contribution in [0.5, 0.6) is 0 Å². The lowest BCUT2D eigenvalue weighted by Gasteiger charge is -2.25. The minimum atomic E-state index is 0.131. The van der Waals surface area contributed by atoms with Gasteiger partial charge in [0.1, 0.15) is 0 Å². The van der Waals surface area contributed by atoms with Gasteiger partial charge in [0, 0.05) is 13.1 Å². The quantitative estimate of drug-likeness (QED) is 0.764. The average molecular weight is 189 g/mol. The highest BCUT2D eigenvalue weighted by Gasteiger charge is 2.17. The van der Waals surface area contributed by atoms with Gasteiger partial charge in [0.05, 0.1) is 12.7 Å². The van der Waals surface area contributed by atoms with Crippen molar-refractivity contribution in [3.63, 3.8) is 0 Å². The topological polar surface area (TPSA) is 21.3 Å². The molecule has 0 saturated carbocycles. The molecule has 0 radical (unpaired) electrons. The molecule has 0 amide bonds. The molecular weight excluding hydrogens is 174 g/mol. The third-order valence-corrected chi connectivity index (χ3v) is 2.46. The molecule has 1 heterocycles. The Morgan fingerprint density at radius 3 is 2.79 bits per heavy atom. The molecule has 2 nitrogen and oxygen atoms in total. The maximum absolute atomic E-state index is 5.63. The molecule has 14 heavy (non-hydrogen) atoms. The van der Waals surface area contributed by atoms with E-state index in [1.165, 1.54) is 5.56 Å². The zero-order valence-electron chi connectivity index (χ0n) is 8.20. The van der Waals surface area contributed by atoms with Crippen molar-refractivity contribution in [2.75, 3.05) is 19.7 Å². The Balaban J connectivity index is 2.07. The fourth-order valence-corrected chi connectivity index (χ4v) is 1.63. The molecule has 1 saturated heterocycles. The van der Waals surface area contributed by atoms with Crippen LogP contribution in [0.4, 0.5) is 0 Å². The minimum absolute atomic E-state index is 0.131. The number of benzene rings is 1. The van der Waals surface area contributed by atoms with Crippen LogP contribution in [0.15, 0.2) is 36.9 Å². The highest BCUT2D eigenvalue weighted by molar-refractivity contribution is 5.66. The molecular formula is C12H15NO. The predicted octanol–water partition coefficient (Wildman–Crippen LogP) is 1.69. The van der Waals surface area contributed by atoms with E-state index in [0.717, 1.165) is 25.3 Å². The second-order valence-electron chi connectivity index (χ2n) is 3.45. The molecule has 1 unspecified atom stereocenters. The Bertz CT molecular complexity index is 301. The number of nitrogens with one attached hydrogen (secondary N) is 1. The van der Waals surface area contributed by atoms with E-state index in [9.17, 15) is 0 Å². The first-order valence-corrected chi connectivity index (χ1v) is 4.94. The Hall–Kier alpha value is -1.12. The van der Waals surface area contributed by atoms with Crippen molar-refractivity contribution in [1.82, 2.24) is 5.32 Å². The Kier molecular flexibility index (Phi) is 2.96. The van der Waals surface area contributed by atoms with Gasteiger partial charge in [-0.05, 0) is 11.1 Å². The Morgan fingerprint density at radius 2 is 2.14 bits per heavy atom. The van der Waals surface area contributed by atoms with Crippen LogP contribution in [0.25, 0.3) is 5.57 Å². The van der Waals surface area contributed by atoms with Gasteiger partial charge >= 0.3 is 0 Å². The van der Waals surface area contributed by atoms with Crippen LogP contribution in [0.1, 0.15) is 5.56 Å². The van der Waals surface area contributed by atoms with Crippen molar-refractivity contribution < 1.29 is 4.74 Å². The monoisotopic (exact) mass is 189 g/mol. The highest BCUT2D eigenvalue weighted by atomic mass is 16.5. The van der Waals surface area contributed by atoms with Crippen LogP contribution < -0.4 is 5.32 Å². The fraction of sp³-hybridized carbons (Fsp3) is 0.333. The van der Waals surface area contributed by atoms with Crippen molar-refractivity contribution in [1.29, 1.82) is 0 Å². The standard InChI is InChI=1S/C12H15NO/c1-10(11-5-3-2-4-6-11)12-9-13-7-8-14-12/h2-6,12-13H,1,7-9H2. The summed E-state index contributed by atoms with van der Waals surface area (Å²) in [4.78, 5) is 0. The molecule has 1 aliphatic rings. The summed E-state index contributed by atoms with van der Waals surface area (Å²) in [6.45, 7) is 6.67. The minimum Gasteiger partial charge on any atom is -0.371 e. The molecule has 1 fully saturated rings. The summed E-state index contributed by atoms with van der Waals surface area (Å²) in [5.74, 6) is 0. The molecule has 2 heteroatoms. The Labute approximate surface area is 84.6 Å². The number of hydrogen-bond donors (Lipinski definition) is 1. The van der Waals surface area contributed by atoms with Crippen LogP contribution in [-0.2, 0) is 4.74 Å². The van der Waals surface area contributed by atoms with Crippen LogP contribution in [0.2, 0.25) is 0 Å². The van der Waals surface area contributed by atoms with Crippen LogP contribution in [-0.4, -0.2) is 25.8 Å². The van der Waals surface area contributed by atoms with Crippen LogP contribution in [0, 0.1) is 0 Å². The SMILES string of the molecule is C=C(c1ccccc1)C1CNCCO1. The molecule has 0 spiro atoms. The number of ether oxygens (including phenoxy) is 1. The molecule has 0 aromatic heterocycles. The zero-order chi connectivity index (χ0) is 9.80. The second-order valence-corrected chi connectivity index (χ2v) is 3.45. The van der Waals surface area contributed by atoms with Gasteiger partial charge in [-0.1, -0.05) is 36.9 Å². The Morgan fingerprint density at radius 1 is 1.36 bits per heavy atom. The van der Waals surface area contributed by atoms with E-state index in [1.54, 1.807) is 0 Å². The van der Waals surface area contributed by atoms with Crippen molar-refractivity contribution in [2.45, 2.75) is 6.10 Å². The third-order valence-electron chi connectivity index (χ3n) is 2.46. The molecule has 1 aliphatic heterocycles. The summed E-state index contributed by atoms with van der Waals surface area (Å²) in [6.07, 6.45) is 0.131. The van der Waals surface area contributed by atoms with Crippen molar-refractivity contribution >= 4 is 5.57 Å². The first-order valence-electron chi connectivity index (χ1n) is 4.94. The van der Waals surface area contributed by atoms with Crippen molar-refractivity contribution in [3.05, 3.63) is 42.5 Å². The van der Waals surface area contributed by atoms with E-state index in [4.69, 9.17) is 4.74 Å². The summed E-state index contributed by atoms with van der Waals surface area (Å²) in [6, 6.07) is 10.2. The lowest BCUT2D eigenvalue weighted by molar-refractivity contribution is 0.0655. The highest BCUT2D eigenvalue weighted by Crippen LogP contribution is 2.18. The van der Waals surface area contributed by atoms with Crippen LogP contribution in [0.3, 0.4) is 0 Å². The first-order chi connectivity index (χ1) is 6.88. The number of hydrogen-bond acceptors (Lipinski definition) is 2. The van der Waals surface area contributed by atoms with Gasteiger partial charge < -0.3 is 10.1 Å². The van der Waals surface area contributed by atoms with E-state index in [1.807, 2.05) is 18.2 Å². The van der Waals surface area contributed by atoms with E-state index in [2.05, 4.69) is 24.0 Å². The largest absolute Gasteiger partial charge is 0.371 e. The first kappa shape index (κ1) is 9.44. The van der Waals surface area contributed by atoms with Crippen LogP contribution >= 0.6 is 0 Å².